The molecule has 76 valence electrons. The van der Waals surface area contributed by atoms with Gasteiger partial charge in [-0.2, -0.15) is 0 Å². The average Bonchev–Trinajstić information content (AvgIpc) is 2.72. The van der Waals surface area contributed by atoms with Gasteiger partial charge >= 0.3 is 0 Å². The number of aryl methyl sites for hydroxylation is 1. The Kier molecular flexibility index (Phi) is 2.54. The van der Waals surface area contributed by atoms with E-state index >= 15 is 0 Å². The van der Waals surface area contributed by atoms with Gasteiger partial charge in [-0.15, -0.1) is 0 Å². The molecule has 2 N–H and O–H groups in total. The van der Waals surface area contributed by atoms with Gasteiger partial charge in [-0.1, -0.05) is 0 Å². The predicted octanol–water partition coefficient (Wildman–Crippen LogP) is 0.00320. The van der Waals surface area contributed by atoms with E-state index in [2.05, 4.69) is 22.9 Å². The smallest absolute Gasteiger partial charge is 0.237 e. The molecule has 0 aliphatic carbocycles. The summed E-state index contributed by atoms with van der Waals surface area (Å²) in [6.07, 6.45) is 4.96. The number of amides is 1. The van der Waals surface area contributed by atoms with E-state index < -0.39 is 0 Å². The highest BCUT2D eigenvalue weighted by Gasteiger charge is 2.22. The van der Waals surface area contributed by atoms with Crippen molar-refractivity contribution in [3.05, 3.63) is 24.0 Å². The van der Waals surface area contributed by atoms with Crippen molar-refractivity contribution < 1.29 is 4.79 Å². The second kappa shape index (κ2) is 3.84. The van der Waals surface area contributed by atoms with Crippen LogP contribution < -0.4 is 10.6 Å². The molecule has 1 aliphatic heterocycles. The second-order valence-electron chi connectivity index (χ2n) is 3.70. The fourth-order valence-electron chi connectivity index (χ4n) is 1.70. The van der Waals surface area contributed by atoms with Gasteiger partial charge < -0.3 is 15.2 Å². The Hall–Kier alpha value is -1.29. The van der Waals surface area contributed by atoms with Gasteiger partial charge in [0, 0.05) is 32.5 Å². The topological polar surface area (TPSA) is 46.1 Å². The highest BCUT2D eigenvalue weighted by Crippen LogP contribution is 2.03. The van der Waals surface area contributed by atoms with Crippen LogP contribution in [0.2, 0.25) is 0 Å². The lowest BCUT2D eigenvalue weighted by atomic mass is 10.2. The summed E-state index contributed by atoms with van der Waals surface area (Å²) in [4.78, 5) is 11.2. The van der Waals surface area contributed by atoms with Crippen LogP contribution in [0.5, 0.6) is 0 Å². The lowest BCUT2D eigenvalue weighted by Gasteiger charge is -2.07. The summed E-state index contributed by atoms with van der Waals surface area (Å²) in [5.74, 6) is 0.126. The van der Waals surface area contributed by atoms with Crippen molar-refractivity contribution in [2.24, 2.45) is 7.05 Å². The molecule has 1 atom stereocenters. The summed E-state index contributed by atoms with van der Waals surface area (Å²) in [6.45, 7) is 1.56. The number of hydrogen-bond acceptors (Lipinski definition) is 2. The number of aromatic nitrogens is 1. The summed E-state index contributed by atoms with van der Waals surface area (Å²) in [5, 5.41) is 6.04. The van der Waals surface area contributed by atoms with Crippen molar-refractivity contribution in [3.8, 4) is 0 Å². The van der Waals surface area contributed by atoms with Gasteiger partial charge in [0.25, 0.3) is 0 Å². The van der Waals surface area contributed by atoms with Crippen LogP contribution in [0.3, 0.4) is 0 Å². The Morgan fingerprint density at radius 1 is 1.71 bits per heavy atom. The van der Waals surface area contributed by atoms with Crippen molar-refractivity contribution in [1.82, 2.24) is 15.2 Å². The lowest BCUT2D eigenvalue weighted by Crippen LogP contribution is -2.35. The van der Waals surface area contributed by atoms with Crippen molar-refractivity contribution >= 4 is 5.91 Å². The standard InChI is InChI=1S/C10H15N3O/c1-13-5-3-8(7-13)6-12-9-2-4-11-10(9)14/h3,5,7,9,12H,2,4,6H2,1H3,(H,11,14). The van der Waals surface area contributed by atoms with E-state index in [1.807, 2.05) is 17.8 Å². The summed E-state index contributed by atoms with van der Waals surface area (Å²) >= 11 is 0. The summed E-state index contributed by atoms with van der Waals surface area (Å²) in [7, 11) is 1.99. The van der Waals surface area contributed by atoms with Crippen LogP contribution in [-0.4, -0.2) is 23.1 Å². The first-order valence-corrected chi connectivity index (χ1v) is 4.87. The Labute approximate surface area is 83.3 Å². The van der Waals surface area contributed by atoms with E-state index in [-0.39, 0.29) is 11.9 Å². The van der Waals surface area contributed by atoms with Gasteiger partial charge in [-0.05, 0) is 18.1 Å². The third-order valence-corrected chi connectivity index (χ3v) is 2.49. The molecule has 0 aromatic carbocycles. The highest BCUT2D eigenvalue weighted by atomic mass is 16.2. The molecule has 0 radical (unpaired) electrons. The first-order valence-electron chi connectivity index (χ1n) is 4.87. The maximum Gasteiger partial charge on any atom is 0.237 e. The zero-order valence-corrected chi connectivity index (χ0v) is 8.29. The number of carbonyl (C=O) groups is 1. The third kappa shape index (κ3) is 1.96. The van der Waals surface area contributed by atoms with Crippen LogP contribution in [0.1, 0.15) is 12.0 Å². The van der Waals surface area contributed by atoms with Gasteiger partial charge in [-0.3, -0.25) is 4.79 Å². The number of nitrogens with one attached hydrogen (secondary N) is 2. The van der Waals surface area contributed by atoms with Crippen molar-refractivity contribution in [3.63, 3.8) is 0 Å². The fourth-order valence-corrected chi connectivity index (χ4v) is 1.70. The van der Waals surface area contributed by atoms with Crippen molar-refractivity contribution in [2.75, 3.05) is 6.54 Å². The molecule has 2 heterocycles. The van der Waals surface area contributed by atoms with E-state index in [9.17, 15) is 4.79 Å². The van der Waals surface area contributed by atoms with Crippen LogP contribution in [0.25, 0.3) is 0 Å². The van der Waals surface area contributed by atoms with Gasteiger partial charge in [0.2, 0.25) is 5.91 Å². The number of hydrogen-bond donors (Lipinski definition) is 2. The van der Waals surface area contributed by atoms with Crippen molar-refractivity contribution in [2.45, 2.75) is 19.0 Å². The molecular weight excluding hydrogens is 178 g/mol. The molecule has 4 heteroatoms. The third-order valence-electron chi connectivity index (χ3n) is 2.49. The monoisotopic (exact) mass is 193 g/mol. The van der Waals surface area contributed by atoms with Gasteiger partial charge in [0.1, 0.15) is 0 Å². The summed E-state index contributed by atoms with van der Waals surface area (Å²) in [5.41, 5.74) is 1.22. The molecule has 4 nitrogen and oxygen atoms in total. The van der Waals surface area contributed by atoms with E-state index in [1.165, 1.54) is 5.56 Å². The molecule has 0 spiro atoms. The molecule has 1 aromatic heterocycles. The number of nitrogens with zero attached hydrogens (tertiary/aromatic N) is 1. The Morgan fingerprint density at radius 3 is 3.14 bits per heavy atom. The quantitative estimate of drug-likeness (QED) is 0.710. The summed E-state index contributed by atoms with van der Waals surface area (Å²) < 4.78 is 2.01. The van der Waals surface area contributed by atoms with Gasteiger partial charge in [-0.25, -0.2) is 0 Å². The van der Waals surface area contributed by atoms with E-state index in [1.54, 1.807) is 0 Å². The normalized spacial score (nSPS) is 21.2. The van der Waals surface area contributed by atoms with E-state index in [0.29, 0.717) is 0 Å². The molecule has 1 unspecified atom stereocenters. The molecule has 1 aromatic rings. The average molecular weight is 193 g/mol. The second-order valence-corrected chi connectivity index (χ2v) is 3.70. The lowest BCUT2D eigenvalue weighted by molar-refractivity contribution is -0.120. The van der Waals surface area contributed by atoms with Crippen LogP contribution in [0.4, 0.5) is 0 Å². The molecule has 14 heavy (non-hydrogen) atoms. The summed E-state index contributed by atoms with van der Waals surface area (Å²) in [6, 6.07) is 2.05. The Balaban J connectivity index is 1.85. The van der Waals surface area contributed by atoms with Gasteiger partial charge in [0.05, 0.1) is 6.04 Å². The van der Waals surface area contributed by atoms with E-state index in [4.69, 9.17) is 0 Å². The van der Waals surface area contributed by atoms with E-state index in [0.717, 1.165) is 19.5 Å². The minimum atomic E-state index is -0.00444. The number of carbonyl (C=O) groups excluding carboxylic acids is 1. The van der Waals surface area contributed by atoms with Gasteiger partial charge in [0.15, 0.2) is 0 Å². The zero-order chi connectivity index (χ0) is 9.97. The fraction of sp³-hybridized carbons (Fsp3) is 0.500. The molecule has 1 amide bonds. The Morgan fingerprint density at radius 2 is 2.57 bits per heavy atom. The first-order chi connectivity index (χ1) is 6.75. The minimum absolute atomic E-state index is 0.00444. The van der Waals surface area contributed by atoms with Crippen LogP contribution >= 0.6 is 0 Å². The van der Waals surface area contributed by atoms with Crippen LogP contribution in [0.15, 0.2) is 18.5 Å². The molecule has 1 aliphatic rings. The SMILES string of the molecule is Cn1ccc(CNC2CCNC2=O)c1. The first kappa shape index (κ1) is 9.27. The molecule has 1 fully saturated rings. The molecular formula is C10H15N3O. The van der Waals surface area contributed by atoms with Crippen LogP contribution in [-0.2, 0) is 18.4 Å². The molecule has 0 saturated carbocycles. The largest absolute Gasteiger partial charge is 0.357 e. The number of rotatable bonds is 3. The highest BCUT2D eigenvalue weighted by molar-refractivity contribution is 5.83. The van der Waals surface area contributed by atoms with Crippen molar-refractivity contribution in [1.29, 1.82) is 0 Å². The van der Waals surface area contributed by atoms with Crippen LogP contribution in [0, 0.1) is 0 Å². The molecule has 0 bridgehead atoms. The predicted molar refractivity (Wildman–Crippen MR) is 53.7 cm³/mol. The Bertz CT molecular complexity index is 332. The maximum atomic E-state index is 11.2. The molecule has 2 rings (SSSR count). The minimum Gasteiger partial charge on any atom is -0.357 e. The zero-order valence-electron chi connectivity index (χ0n) is 8.29. The maximum absolute atomic E-state index is 11.2. The molecule has 1 saturated heterocycles.